The van der Waals surface area contributed by atoms with Crippen LogP contribution in [0.1, 0.15) is 36.5 Å². The molecule has 3 aromatic rings. The van der Waals surface area contributed by atoms with Crippen LogP contribution < -0.4 is 5.32 Å². The van der Waals surface area contributed by atoms with Crippen LogP contribution in [0, 0.1) is 5.82 Å². The Morgan fingerprint density at radius 2 is 2.06 bits per heavy atom. The van der Waals surface area contributed by atoms with Crippen molar-refractivity contribution in [1.82, 2.24) is 20.2 Å². The highest BCUT2D eigenvalue weighted by Crippen LogP contribution is 2.35. The molecule has 1 unspecified atom stereocenters. The van der Waals surface area contributed by atoms with Gasteiger partial charge in [-0.05, 0) is 44.5 Å². The summed E-state index contributed by atoms with van der Waals surface area (Å²) in [6.07, 6.45) is 2.25. The average Bonchev–Trinajstić information content (AvgIpc) is 3.44. The number of rotatable bonds is 5. The highest BCUT2D eigenvalue weighted by molar-refractivity contribution is 7.13. The maximum atomic E-state index is 14.3. The van der Waals surface area contributed by atoms with E-state index in [0.29, 0.717) is 35.9 Å². The third kappa shape index (κ3) is 4.38. The van der Waals surface area contributed by atoms with Crippen molar-refractivity contribution in [3.05, 3.63) is 70.2 Å². The summed E-state index contributed by atoms with van der Waals surface area (Å²) in [6.45, 7) is 4.52. The van der Waals surface area contributed by atoms with E-state index in [0.717, 1.165) is 0 Å². The summed E-state index contributed by atoms with van der Waals surface area (Å²) < 4.78 is 14.3. The van der Waals surface area contributed by atoms with Crippen molar-refractivity contribution in [3.8, 4) is 10.6 Å². The molecule has 2 aromatic heterocycles. The second kappa shape index (κ2) is 8.96. The Balaban J connectivity index is 1.44. The molecule has 1 atom stereocenters. The lowest BCUT2D eigenvalue weighted by atomic mass is 9.88. The van der Waals surface area contributed by atoms with Crippen LogP contribution in [0.5, 0.6) is 0 Å². The molecule has 4 rings (SSSR count). The Morgan fingerprint density at radius 1 is 1.25 bits per heavy atom. The molecule has 6 nitrogen and oxygen atoms in total. The first-order valence-corrected chi connectivity index (χ1v) is 11.4. The van der Waals surface area contributed by atoms with E-state index in [9.17, 15) is 14.0 Å². The van der Waals surface area contributed by atoms with Gasteiger partial charge in [-0.15, -0.1) is 11.3 Å². The Kier molecular flexibility index (Phi) is 6.26. The number of benzene rings is 1. The zero-order valence-corrected chi connectivity index (χ0v) is 19.2. The van der Waals surface area contributed by atoms with Gasteiger partial charge in [0.25, 0.3) is 5.91 Å². The van der Waals surface area contributed by atoms with E-state index < -0.39 is 11.2 Å². The lowest BCUT2D eigenvalue weighted by Crippen LogP contribution is -2.46. The molecule has 0 aliphatic carbocycles. The normalized spacial score (nSPS) is 16.2. The second-order valence-corrected chi connectivity index (χ2v) is 9.45. The fourth-order valence-electron chi connectivity index (χ4n) is 3.57. The first kappa shape index (κ1) is 22.4. The Bertz CT molecular complexity index is 1130. The largest absolute Gasteiger partial charge is 0.351 e. The van der Waals surface area contributed by atoms with Crippen LogP contribution >= 0.6 is 22.9 Å². The van der Waals surface area contributed by atoms with E-state index in [-0.39, 0.29) is 28.4 Å². The maximum absolute atomic E-state index is 14.3. The number of pyridine rings is 1. The Morgan fingerprint density at radius 3 is 2.78 bits per heavy atom. The van der Waals surface area contributed by atoms with Crippen molar-refractivity contribution in [2.75, 3.05) is 13.1 Å². The van der Waals surface area contributed by atoms with Crippen molar-refractivity contribution in [2.24, 2.45) is 0 Å². The number of nitrogens with zero attached hydrogens (tertiary/aromatic N) is 3. The van der Waals surface area contributed by atoms with Crippen molar-refractivity contribution >= 4 is 34.8 Å². The fourth-order valence-corrected chi connectivity index (χ4v) is 4.93. The predicted octanol–water partition coefficient (Wildman–Crippen LogP) is 4.31. The van der Waals surface area contributed by atoms with E-state index in [2.05, 4.69) is 15.3 Å². The zero-order chi connectivity index (χ0) is 22.9. The average molecular weight is 473 g/mol. The lowest BCUT2D eigenvalue weighted by Gasteiger charge is -2.24. The molecule has 0 spiro atoms. The molecule has 3 heterocycles. The van der Waals surface area contributed by atoms with E-state index >= 15 is 0 Å². The van der Waals surface area contributed by atoms with E-state index in [1.165, 1.54) is 23.5 Å². The van der Waals surface area contributed by atoms with Crippen molar-refractivity contribution < 1.29 is 14.0 Å². The number of carbonyl (C=O) groups is 2. The van der Waals surface area contributed by atoms with Crippen LogP contribution in [0.4, 0.5) is 4.39 Å². The van der Waals surface area contributed by atoms with Gasteiger partial charge in [0.05, 0.1) is 21.7 Å². The zero-order valence-electron chi connectivity index (χ0n) is 17.6. The van der Waals surface area contributed by atoms with Gasteiger partial charge in [-0.2, -0.15) is 0 Å². The highest BCUT2D eigenvalue weighted by Gasteiger charge is 2.36. The lowest BCUT2D eigenvalue weighted by molar-refractivity contribution is -0.126. The van der Waals surface area contributed by atoms with Gasteiger partial charge >= 0.3 is 0 Å². The molecule has 0 saturated carbocycles. The van der Waals surface area contributed by atoms with Gasteiger partial charge in [0.2, 0.25) is 5.91 Å². The number of amides is 2. The molecule has 1 aliphatic heterocycles. The molecule has 9 heteroatoms. The molecule has 32 heavy (non-hydrogen) atoms. The number of nitrogens with one attached hydrogen (secondary N) is 1. The monoisotopic (exact) mass is 472 g/mol. The molecule has 2 amide bonds. The summed E-state index contributed by atoms with van der Waals surface area (Å²) in [5.74, 6) is -0.803. The predicted molar refractivity (Wildman–Crippen MR) is 122 cm³/mol. The molecule has 1 N–H and O–H groups in total. The molecule has 1 saturated heterocycles. The van der Waals surface area contributed by atoms with Gasteiger partial charge < -0.3 is 10.2 Å². The Hall–Kier alpha value is -2.84. The van der Waals surface area contributed by atoms with Gasteiger partial charge in [0, 0.05) is 30.7 Å². The van der Waals surface area contributed by atoms with E-state index in [1.807, 2.05) is 0 Å². The van der Waals surface area contributed by atoms with Crippen LogP contribution in [0.25, 0.3) is 10.6 Å². The minimum Gasteiger partial charge on any atom is -0.351 e. The molecule has 1 aromatic carbocycles. The number of carbonyl (C=O) groups excluding carboxylic acids is 2. The van der Waals surface area contributed by atoms with Gasteiger partial charge in [-0.3, -0.25) is 14.6 Å². The second-order valence-electron chi connectivity index (χ2n) is 8.18. The number of aromatic nitrogens is 2. The van der Waals surface area contributed by atoms with Crippen LogP contribution in [0.3, 0.4) is 0 Å². The molecule has 1 aliphatic rings. The van der Waals surface area contributed by atoms with Crippen molar-refractivity contribution in [3.63, 3.8) is 0 Å². The smallest absolute Gasteiger partial charge is 0.272 e. The van der Waals surface area contributed by atoms with Crippen LogP contribution in [0.15, 0.2) is 48.0 Å². The summed E-state index contributed by atoms with van der Waals surface area (Å²) >= 11 is 7.40. The van der Waals surface area contributed by atoms with Crippen LogP contribution in [0.2, 0.25) is 5.02 Å². The number of thiazole rings is 1. The molecule has 0 bridgehead atoms. The molecule has 166 valence electrons. The third-order valence-corrected chi connectivity index (χ3v) is 6.76. The molecular formula is C23H22ClFN4O2S. The summed E-state index contributed by atoms with van der Waals surface area (Å²) in [4.78, 5) is 36.0. The van der Waals surface area contributed by atoms with Gasteiger partial charge in [-0.1, -0.05) is 23.7 Å². The third-order valence-electron chi connectivity index (χ3n) is 5.58. The Labute approximate surface area is 194 Å². The quantitative estimate of drug-likeness (QED) is 0.600. The van der Waals surface area contributed by atoms with Crippen molar-refractivity contribution in [2.45, 2.75) is 31.7 Å². The standard InChI is InChI=1S/C23H22ClFN4O2S/c1-23(2,18-13-32-20(28-18)19-15(24)6-5-7-16(19)25)22(31)27-14-9-11-29(12-14)21(30)17-8-3-4-10-26-17/h3-8,10,13-14H,9,11-12H2,1-2H3,(H,27,31). The van der Waals surface area contributed by atoms with Crippen LogP contribution in [-0.2, 0) is 10.2 Å². The fraction of sp³-hybridized carbons (Fsp3) is 0.304. The van der Waals surface area contributed by atoms with E-state index in [4.69, 9.17) is 11.6 Å². The summed E-state index contributed by atoms with van der Waals surface area (Å²) in [5, 5.41) is 5.49. The summed E-state index contributed by atoms with van der Waals surface area (Å²) in [6, 6.07) is 9.53. The minimum absolute atomic E-state index is 0.146. The molecule has 0 radical (unpaired) electrons. The maximum Gasteiger partial charge on any atom is 0.272 e. The van der Waals surface area contributed by atoms with Gasteiger partial charge in [0.15, 0.2) is 0 Å². The van der Waals surface area contributed by atoms with Crippen LogP contribution in [-0.4, -0.2) is 45.8 Å². The number of hydrogen-bond donors (Lipinski definition) is 1. The first-order chi connectivity index (χ1) is 15.3. The number of hydrogen-bond acceptors (Lipinski definition) is 5. The molecule has 1 fully saturated rings. The van der Waals surface area contributed by atoms with E-state index in [1.54, 1.807) is 54.6 Å². The first-order valence-electron chi connectivity index (χ1n) is 10.2. The summed E-state index contributed by atoms with van der Waals surface area (Å²) in [5.41, 5.74) is 0.224. The van der Waals surface area contributed by atoms with Gasteiger partial charge in [0.1, 0.15) is 16.5 Å². The number of likely N-dealkylation sites (tertiary alicyclic amines) is 1. The SMILES string of the molecule is CC(C)(C(=O)NC1CCN(C(=O)c2ccccn2)C1)c1csc(-c2c(F)cccc2Cl)n1. The molecular weight excluding hydrogens is 451 g/mol. The van der Waals surface area contributed by atoms with Crippen molar-refractivity contribution in [1.29, 1.82) is 0 Å². The van der Waals surface area contributed by atoms with Gasteiger partial charge in [-0.25, -0.2) is 9.37 Å². The topological polar surface area (TPSA) is 75.2 Å². The minimum atomic E-state index is -0.940. The number of halogens is 2. The summed E-state index contributed by atoms with van der Waals surface area (Å²) in [7, 11) is 0. The highest BCUT2D eigenvalue weighted by atomic mass is 35.5.